The number of nitrogens with one attached hydrogen (secondary N) is 1. The average molecular weight is 277 g/mol. The second-order valence-electron chi connectivity index (χ2n) is 4.12. The molecular weight excluding hydrogens is 262 g/mol. The summed E-state index contributed by atoms with van der Waals surface area (Å²) in [4.78, 5) is 0.226. The van der Waals surface area contributed by atoms with Crippen molar-refractivity contribution < 1.29 is 13.2 Å². The van der Waals surface area contributed by atoms with E-state index in [2.05, 4.69) is 4.72 Å². The van der Waals surface area contributed by atoms with Crippen LogP contribution in [0.2, 0.25) is 0 Å². The zero-order valence-electron chi connectivity index (χ0n) is 10.8. The Bertz CT molecular complexity index is 663. The van der Waals surface area contributed by atoms with Crippen LogP contribution >= 0.6 is 0 Å². The van der Waals surface area contributed by atoms with Crippen LogP contribution in [0.25, 0.3) is 0 Å². The maximum absolute atomic E-state index is 12.2. The van der Waals surface area contributed by atoms with Gasteiger partial charge in [0, 0.05) is 0 Å². The van der Waals surface area contributed by atoms with E-state index in [1.54, 1.807) is 48.5 Å². The number of sulfonamides is 1. The highest BCUT2D eigenvalue weighted by atomic mass is 32.2. The third kappa shape index (κ3) is 3.06. The second kappa shape index (κ2) is 5.32. The van der Waals surface area contributed by atoms with Gasteiger partial charge in [-0.25, -0.2) is 8.42 Å². The molecule has 0 amide bonds. The number of hydrogen-bond acceptors (Lipinski definition) is 3. The number of para-hydroxylation sites is 2. The molecule has 2 rings (SSSR count). The lowest BCUT2D eigenvalue weighted by atomic mass is 10.2. The van der Waals surface area contributed by atoms with Crippen molar-refractivity contribution in [2.24, 2.45) is 0 Å². The van der Waals surface area contributed by atoms with Crippen LogP contribution in [-0.4, -0.2) is 15.5 Å². The van der Waals surface area contributed by atoms with Gasteiger partial charge < -0.3 is 4.74 Å². The van der Waals surface area contributed by atoms with Gasteiger partial charge >= 0.3 is 0 Å². The standard InChI is InChI=1S/C14H15NO3S/c1-11-7-9-12(10-8-11)19(16,17)15-13-5-3-4-6-14(13)18-2/h3-10,15H,1-2H3. The topological polar surface area (TPSA) is 55.4 Å². The van der Waals surface area contributed by atoms with Gasteiger partial charge in [-0.15, -0.1) is 0 Å². The molecule has 2 aromatic carbocycles. The zero-order chi connectivity index (χ0) is 13.9. The number of rotatable bonds is 4. The van der Waals surface area contributed by atoms with Gasteiger partial charge in [0.25, 0.3) is 10.0 Å². The monoisotopic (exact) mass is 277 g/mol. The molecule has 2 aromatic rings. The SMILES string of the molecule is COc1ccccc1NS(=O)(=O)c1ccc(C)cc1. The van der Waals surface area contributed by atoms with Crippen LogP contribution in [0.3, 0.4) is 0 Å². The van der Waals surface area contributed by atoms with Crippen LogP contribution in [0, 0.1) is 6.92 Å². The van der Waals surface area contributed by atoms with Gasteiger partial charge in [0.05, 0.1) is 17.7 Å². The fraction of sp³-hybridized carbons (Fsp3) is 0.143. The first kappa shape index (κ1) is 13.4. The molecule has 0 fully saturated rings. The van der Waals surface area contributed by atoms with Crippen molar-refractivity contribution in [3.63, 3.8) is 0 Å². The van der Waals surface area contributed by atoms with Crippen molar-refractivity contribution >= 4 is 15.7 Å². The van der Waals surface area contributed by atoms with Gasteiger partial charge in [0.2, 0.25) is 0 Å². The van der Waals surface area contributed by atoms with Gasteiger partial charge in [-0.05, 0) is 31.2 Å². The van der Waals surface area contributed by atoms with Gasteiger partial charge in [-0.1, -0.05) is 29.8 Å². The van der Waals surface area contributed by atoms with Crippen LogP contribution in [0.1, 0.15) is 5.56 Å². The van der Waals surface area contributed by atoms with Crippen LogP contribution in [0.4, 0.5) is 5.69 Å². The maximum Gasteiger partial charge on any atom is 0.262 e. The number of methoxy groups -OCH3 is 1. The minimum Gasteiger partial charge on any atom is -0.495 e. The molecule has 1 N–H and O–H groups in total. The van der Waals surface area contributed by atoms with Crippen molar-refractivity contribution in [1.29, 1.82) is 0 Å². The Hall–Kier alpha value is -2.01. The Kier molecular flexibility index (Phi) is 3.76. The van der Waals surface area contributed by atoms with Gasteiger partial charge in [0.15, 0.2) is 0 Å². The summed E-state index contributed by atoms with van der Waals surface area (Å²) in [6.45, 7) is 1.91. The highest BCUT2D eigenvalue weighted by Gasteiger charge is 2.15. The summed E-state index contributed by atoms with van der Waals surface area (Å²) < 4.78 is 32.1. The molecule has 0 aromatic heterocycles. The lowest BCUT2D eigenvalue weighted by Gasteiger charge is -2.11. The third-order valence-electron chi connectivity index (χ3n) is 2.68. The van der Waals surface area contributed by atoms with E-state index in [0.29, 0.717) is 11.4 Å². The van der Waals surface area contributed by atoms with Gasteiger partial charge in [-0.3, -0.25) is 4.72 Å². The molecule has 19 heavy (non-hydrogen) atoms. The highest BCUT2D eigenvalue weighted by Crippen LogP contribution is 2.26. The molecule has 0 saturated carbocycles. The first-order valence-electron chi connectivity index (χ1n) is 5.75. The van der Waals surface area contributed by atoms with E-state index in [0.717, 1.165) is 5.56 Å². The first-order valence-corrected chi connectivity index (χ1v) is 7.24. The fourth-order valence-electron chi connectivity index (χ4n) is 1.65. The average Bonchev–Trinajstić information content (AvgIpc) is 2.39. The summed E-state index contributed by atoms with van der Waals surface area (Å²) >= 11 is 0. The number of benzene rings is 2. The molecule has 0 atom stereocenters. The van der Waals surface area contributed by atoms with Crippen LogP contribution in [0.5, 0.6) is 5.75 Å². The second-order valence-corrected chi connectivity index (χ2v) is 5.80. The normalized spacial score (nSPS) is 11.1. The smallest absolute Gasteiger partial charge is 0.262 e. The van der Waals surface area contributed by atoms with Crippen molar-refractivity contribution in [1.82, 2.24) is 0 Å². The van der Waals surface area contributed by atoms with E-state index in [4.69, 9.17) is 4.74 Å². The molecule has 0 spiro atoms. The molecule has 0 aliphatic heterocycles. The molecule has 0 saturated heterocycles. The lowest BCUT2D eigenvalue weighted by Crippen LogP contribution is -2.13. The molecule has 0 heterocycles. The summed E-state index contributed by atoms with van der Waals surface area (Å²) in [7, 11) is -2.09. The van der Waals surface area contributed by atoms with Crippen LogP contribution in [0.15, 0.2) is 53.4 Å². The molecule has 0 radical (unpaired) electrons. The van der Waals surface area contributed by atoms with E-state index < -0.39 is 10.0 Å². The molecule has 5 heteroatoms. The Morgan fingerprint density at radius 3 is 2.26 bits per heavy atom. The van der Waals surface area contributed by atoms with E-state index in [1.807, 2.05) is 6.92 Å². The number of hydrogen-bond donors (Lipinski definition) is 1. The van der Waals surface area contributed by atoms with Gasteiger partial charge in [0.1, 0.15) is 5.75 Å². The summed E-state index contributed by atoms with van der Waals surface area (Å²) in [6.07, 6.45) is 0. The minimum absolute atomic E-state index is 0.226. The predicted molar refractivity (Wildman–Crippen MR) is 75.0 cm³/mol. The lowest BCUT2D eigenvalue weighted by molar-refractivity contribution is 0.417. The molecular formula is C14H15NO3S. The molecule has 0 aliphatic rings. The molecule has 0 bridgehead atoms. The Labute approximate surface area is 113 Å². The summed E-state index contributed by atoms with van der Waals surface area (Å²) in [5.74, 6) is 0.484. The number of aryl methyl sites for hydroxylation is 1. The zero-order valence-corrected chi connectivity index (χ0v) is 11.6. The molecule has 0 aliphatic carbocycles. The van der Waals surface area contributed by atoms with Crippen LogP contribution < -0.4 is 9.46 Å². The quantitative estimate of drug-likeness (QED) is 0.935. The number of anilines is 1. The van der Waals surface area contributed by atoms with Crippen molar-refractivity contribution in [3.8, 4) is 5.75 Å². The van der Waals surface area contributed by atoms with Crippen molar-refractivity contribution in [3.05, 3.63) is 54.1 Å². The Morgan fingerprint density at radius 2 is 1.63 bits per heavy atom. The molecule has 4 nitrogen and oxygen atoms in total. The first-order chi connectivity index (χ1) is 9.03. The summed E-state index contributed by atoms with van der Waals surface area (Å²) in [6, 6.07) is 13.6. The predicted octanol–water partition coefficient (Wildman–Crippen LogP) is 2.80. The summed E-state index contributed by atoms with van der Waals surface area (Å²) in [5.41, 5.74) is 1.43. The highest BCUT2D eigenvalue weighted by molar-refractivity contribution is 7.92. The Balaban J connectivity index is 2.34. The third-order valence-corrected chi connectivity index (χ3v) is 4.06. The fourth-order valence-corrected chi connectivity index (χ4v) is 2.72. The molecule has 100 valence electrons. The van der Waals surface area contributed by atoms with Crippen LogP contribution in [-0.2, 0) is 10.0 Å². The van der Waals surface area contributed by atoms with E-state index in [1.165, 1.54) is 7.11 Å². The molecule has 0 unspecified atom stereocenters. The minimum atomic E-state index is -3.59. The van der Waals surface area contributed by atoms with Crippen molar-refractivity contribution in [2.45, 2.75) is 11.8 Å². The van der Waals surface area contributed by atoms with E-state index >= 15 is 0 Å². The Morgan fingerprint density at radius 1 is 1.00 bits per heavy atom. The maximum atomic E-state index is 12.2. The van der Waals surface area contributed by atoms with E-state index in [9.17, 15) is 8.42 Å². The summed E-state index contributed by atoms with van der Waals surface area (Å²) in [5, 5.41) is 0. The number of ether oxygens (including phenoxy) is 1. The van der Waals surface area contributed by atoms with Crippen molar-refractivity contribution in [2.75, 3.05) is 11.8 Å². The van der Waals surface area contributed by atoms with E-state index in [-0.39, 0.29) is 4.90 Å². The largest absolute Gasteiger partial charge is 0.495 e. The van der Waals surface area contributed by atoms with Gasteiger partial charge in [-0.2, -0.15) is 0 Å².